The van der Waals surface area contributed by atoms with Gasteiger partial charge in [-0.1, -0.05) is 13.0 Å². The molecule has 0 radical (unpaired) electrons. The van der Waals surface area contributed by atoms with Crippen molar-refractivity contribution in [3.8, 4) is 0 Å². The molecule has 0 saturated carbocycles. The Kier molecular flexibility index (Phi) is 6.95. The highest BCUT2D eigenvalue weighted by molar-refractivity contribution is 7.15. The van der Waals surface area contributed by atoms with Crippen LogP contribution < -0.4 is 0 Å². The van der Waals surface area contributed by atoms with Crippen LogP contribution in [0, 0.1) is 5.92 Å². The number of thiophene rings is 1. The van der Waals surface area contributed by atoms with Crippen molar-refractivity contribution in [1.82, 2.24) is 4.90 Å². The van der Waals surface area contributed by atoms with Crippen LogP contribution in [-0.2, 0) is 14.3 Å². The number of carbonyl (C=O) groups excluding carboxylic acids is 3. The first-order valence-corrected chi connectivity index (χ1v) is 9.91. The summed E-state index contributed by atoms with van der Waals surface area (Å²) in [5.74, 6) is -1.71. The summed E-state index contributed by atoms with van der Waals surface area (Å²) < 4.78 is 5.39. The van der Waals surface area contributed by atoms with Crippen molar-refractivity contribution in [2.75, 3.05) is 13.2 Å². The first-order valence-electron chi connectivity index (χ1n) is 9.09. The van der Waals surface area contributed by atoms with Crippen LogP contribution in [0.25, 0.3) is 6.08 Å². The van der Waals surface area contributed by atoms with Crippen molar-refractivity contribution in [3.05, 3.63) is 28.0 Å². The molecular formula is C20H27NO5S. The molecule has 1 aliphatic heterocycles. The van der Waals surface area contributed by atoms with Crippen LogP contribution in [0.2, 0.25) is 0 Å². The van der Waals surface area contributed by atoms with Crippen LogP contribution in [0.4, 0.5) is 0 Å². The van der Waals surface area contributed by atoms with Gasteiger partial charge in [-0.25, -0.2) is 4.79 Å². The van der Waals surface area contributed by atoms with Crippen LogP contribution >= 0.6 is 11.3 Å². The smallest absolute Gasteiger partial charge is 0.329 e. The lowest BCUT2D eigenvalue weighted by Crippen LogP contribution is -2.46. The van der Waals surface area contributed by atoms with Gasteiger partial charge in [0.15, 0.2) is 0 Å². The zero-order valence-corrected chi connectivity index (χ0v) is 17.0. The van der Waals surface area contributed by atoms with Crippen LogP contribution in [0.3, 0.4) is 0 Å². The number of likely N-dealkylation sites (tertiary alicyclic amines) is 1. The van der Waals surface area contributed by atoms with Gasteiger partial charge in [-0.05, 0) is 57.7 Å². The summed E-state index contributed by atoms with van der Waals surface area (Å²) in [7, 11) is 0. The van der Waals surface area contributed by atoms with E-state index in [1.54, 1.807) is 32.9 Å². The number of aliphatic hydroxyl groups excluding tert-OH is 1. The normalized spacial score (nSPS) is 18.7. The van der Waals surface area contributed by atoms with Gasteiger partial charge in [0.25, 0.3) is 11.7 Å². The van der Waals surface area contributed by atoms with Gasteiger partial charge in [0, 0.05) is 18.0 Å². The van der Waals surface area contributed by atoms with E-state index in [1.807, 2.05) is 19.1 Å². The maximum absolute atomic E-state index is 12.7. The van der Waals surface area contributed by atoms with Crippen molar-refractivity contribution in [3.63, 3.8) is 0 Å². The third-order valence-electron chi connectivity index (χ3n) is 4.11. The highest BCUT2D eigenvalue weighted by Crippen LogP contribution is 2.24. The van der Waals surface area contributed by atoms with Gasteiger partial charge in [-0.15, -0.1) is 11.3 Å². The summed E-state index contributed by atoms with van der Waals surface area (Å²) in [5, 5.41) is 9.05. The van der Waals surface area contributed by atoms with Gasteiger partial charge >= 0.3 is 5.97 Å². The topological polar surface area (TPSA) is 83.9 Å². The van der Waals surface area contributed by atoms with Gasteiger partial charge in [-0.2, -0.15) is 0 Å². The van der Waals surface area contributed by atoms with E-state index in [0.29, 0.717) is 24.3 Å². The molecule has 1 aromatic heterocycles. The Bertz CT molecular complexity index is 731. The van der Waals surface area contributed by atoms with Crippen molar-refractivity contribution in [1.29, 1.82) is 0 Å². The van der Waals surface area contributed by atoms with Crippen LogP contribution in [0.1, 0.15) is 55.1 Å². The Morgan fingerprint density at radius 2 is 2.07 bits per heavy atom. The van der Waals surface area contributed by atoms with Crippen LogP contribution in [0.5, 0.6) is 0 Å². The fourth-order valence-electron chi connectivity index (χ4n) is 2.74. The largest absolute Gasteiger partial charge is 0.458 e. The van der Waals surface area contributed by atoms with E-state index < -0.39 is 29.3 Å². The number of Topliss-reactive ketones (excluding diaryl/α,β-unsaturated/α-hetero) is 1. The predicted octanol–water partition coefficient (Wildman–Crippen LogP) is 2.91. The van der Waals surface area contributed by atoms with E-state index in [2.05, 4.69) is 0 Å². The average Bonchev–Trinajstić information content (AvgIpc) is 3.26. The summed E-state index contributed by atoms with van der Waals surface area (Å²) in [6.45, 7) is 7.62. The Labute approximate surface area is 163 Å². The van der Waals surface area contributed by atoms with E-state index in [-0.39, 0.29) is 12.5 Å². The zero-order chi connectivity index (χ0) is 20.2. The highest BCUT2D eigenvalue weighted by Gasteiger charge is 2.39. The number of nitrogens with zero attached hydrogens (tertiary/aromatic N) is 1. The first-order chi connectivity index (χ1) is 12.6. The Balaban J connectivity index is 2.08. The third kappa shape index (κ3) is 5.74. The van der Waals surface area contributed by atoms with E-state index in [9.17, 15) is 14.4 Å². The van der Waals surface area contributed by atoms with Gasteiger partial charge in [0.05, 0.1) is 4.88 Å². The van der Waals surface area contributed by atoms with Crippen molar-refractivity contribution < 1.29 is 24.2 Å². The second-order valence-corrected chi connectivity index (χ2v) is 8.86. The molecule has 1 N–H and O–H groups in total. The maximum Gasteiger partial charge on any atom is 0.329 e. The lowest BCUT2D eigenvalue weighted by atomic mass is 10.1. The van der Waals surface area contributed by atoms with Crippen molar-refractivity contribution in [2.24, 2.45) is 5.92 Å². The van der Waals surface area contributed by atoms with E-state index in [4.69, 9.17) is 9.84 Å². The molecule has 1 fully saturated rings. The molecule has 7 heteroatoms. The molecule has 0 aromatic carbocycles. The van der Waals surface area contributed by atoms with Gasteiger partial charge < -0.3 is 14.7 Å². The monoisotopic (exact) mass is 393 g/mol. The quantitative estimate of drug-likeness (QED) is 0.456. The zero-order valence-electron chi connectivity index (χ0n) is 16.2. The Morgan fingerprint density at radius 3 is 2.70 bits per heavy atom. The Hall–Kier alpha value is -1.99. The van der Waals surface area contributed by atoms with Crippen molar-refractivity contribution in [2.45, 2.75) is 52.2 Å². The second-order valence-electron chi connectivity index (χ2n) is 7.74. The molecule has 27 heavy (non-hydrogen) atoms. The molecule has 2 heterocycles. The maximum atomic E-state index is 12.7. The minimum atomic E-state index is -0.703. The van der Waals surface area contributed by atoms with E-state index in [0.717, 1.165) is 4.88 Å². The first kappa shape index (κ1) is 21.3. The SMILES string of the molecule is CC(/C=C/c1ccc(C(=O)C(=O)N2CCCC2C(=O)OC(C)(C)C)s1)CO. The number of hydrogen-bond acceptors (Lipinski definition) is 6. The molecule has 2 atom stereocenters. The summed E-state index contributed by atoms with van der Waals surface area (Å²) in [6.07, 6.45) is 4.85. The summed E-state index contributed by atoms with van der Waals surface area (Å²) >= 11 is 1.22. The number of ketones is 1. The third-order valence-corrected chi connectivity index (χ3v) is 5.16. The van der Waals surface area contributed by atoms with Crippen LogP contribution in [-0.4, -0.2) is 52.5 Å². The molecule has 0 bridgehead atoms. The lowest BCUT2D eigenvalue weighted by Gasteiger charge is -2.26. The molecule has 1 aliphatic rings. The number of carbonyl (C=O) groups is 3. The predicted molar refractivity (Wildman–Crippen MR) is 105 cm³/mol. The number of aliphatic hydroxyl groups is 1. The minimum Gasteiger partial charge on any atom is -0.458 e. The molecule has 2 unspecified atom stereocenters. The van der Waals surface area contributed by atoms with Gasteiger partial charge in [0.1, 0.15) is 11.6 Å². The number of esters is 1. The van der Waals surface area contributed by atoms with Gasteiger partial charge in [-0.3, -0.25) is 9.59 Å². The average molecular weight is 394 g/mol. The molecule has 1 amide bonds. The summed E-state index contributed by atoms with van der Waals surface area (Å²) in [4.78, 5) is 40.1. The fraction of sp³-hybridized carbons (Fsp3) is 0.550. The number of rotatable bonds is 6. The second kappa shape index (κ2) is 8.80. The van der Waals surface area contributed by atoms with E-state index in [1.165, 1.54) is 16.2 Å². The number of ether oxygens (including phenoxy) is 1. The molecule has 6 nitrogen and oxygen atoms in total. The molecular weight excluding hydrogens is 366 g/mol. The molecule has 1 aromatic rings. The molecule has 0 spiro atoms. The molecule has 2 rings (SSSR count). The van der Waals surface area contributed by atoms with E-state index >= 15 is 0 Å². The summed E-state index contributed by atoms with van der Waals surface area (Å²) in [6, 6.07) is 2.68. The summed E-state index contributed by atoms with van der Waals surface area (Å²) in [5.41, 5.74) is -0.640. The number of hydrogen-bond donors (Lipinski definition) is 1. The Morgan fingerprint density at radius 1 is 1.37 bits per heavy atom. The van der Waals surface area contributed by atoms with Crippen LogP contribution in [0.15, 0.2) is 18.2 Å². The molecule has 148 valence electrons. The highest BCUT2D eigenvalue weighted by atomic mass is 32.1. The molecule has 0 aliphatic carbocycles. The number of amides is 1. The minimum absolute atomic E-state index is 0.0204. The lowest BCUT2D eigenvalue weighted by molar-refractivity contribution is -0.162. The van der Waals surface area contributed by atoms with Gasteiger partial charge in [0.2, 0.25) is 0 Å². The fourth-order valence-corrected chi connectivity index (χ4v) is 3.60. The van der Waals surface area contributed by atoms with Crippen molar-refractivity contribution >= 4 is 35.1 Å². The standard InChI is InChI=1S/C20H27NO5S/c1-13(12-22)7-8-14-9-10-16(27-14)17(23)18(24)21-11-5-6-15(21)19(25)26-20(2,3)4/h7-10,13,15,22H,5-6,11-12H2,1-4H3/b8-7+. The molecule has 1 saturated heterocycles.